The standard InChI is InChI=1S/C14H13BrN4S/c15-11-6-5-10(9-16)12(8-11)20-14-18-17-13-4-2-1-3-7-19(13)14/h5-6,8H,1-4,7H2. The highest BCUT2D eigenvalue weighted by Crippen LogP contribution is 2.32. The van der Waals surface area contributed by atoms with Crippen LogP contribution in [0.3, 0.4) is 0 Å². The summed E-state index contributed by atoms with van der Waals surface area (Å²) in [7, 11) is 0. The van der Waals surface area contributed by atoms with Crippen LogP contribution in [-0.2, 0) is 13.0 Å². The minimum atomic E-state index is 0.671. The van der Waals surface area contributed by atoms with Crippen molar-refractivity contribution in [2.24, 2.45) is 0 Å². The lowest BCUT2D eigenvalue weighted by molar-refractivity contribution is 0.591. The fraction of sp³-hybridized carbons (Fsp3) is 0.357. The van der Waals surface area contributed by atoms with E-state index in [2.05, 4.69) is 36.8 Å². The van der Waals surface area contributed by atoms with E-state index in [4.69, 9.17) is 0 Å². The predicted octanol–water partition coefficient (Wildman–Crippen LogP) is 3.79. The Morgan fingerprint density at radius 2 is 2.15 bits per heavy atom. The molecule has 2 aromatic rings. The highest BCUT2D eigenvalue weighted by Gasteiger charge is 2.16. The van der Waals surface area contributed by atoms with Crippen LogP contribution in [0.15, 0.2) is 32.7 Å². The highest BCUT2D eigenvalue weighted by molar-refractivity contribution is 9.10. The summed E-state index contributed by atoms with van der Waals surface area (Å²) in [5.41, 5.74) is 0.671. The molecule has 0 atom stereocenters. The molecule has 0 amide bonds. The van der Waals surface area contributed by atoms with Crippen LogP contribution in [0, 0.1) is 11.3 Å². The number of aryl methyl sites for hydroxylation is 1. The Balaban J connectivity index is 1.94. The van der Waals surface area contributed by atoms with Gasteiger partial charge in [0.15, 0.2) is 5.16 Å². The lowest BCUT2D eigenvalue weighted by Gasteiger charge is -2.07. The first kappa shape index (κ1) is 13.7. The van der Waals surface area contributed by atoms with E-state index in [1.807, 2.05) is 18.2 Å². The quantitative estimate of drug-likeness (QED) is 0.828. The molecule has 0 unspecified atom stereocenters. The second-order valence-electron chi connectivity index (χ2n) is 4.72. The Bertz CT molecular complexity index is 674. The smallest absolute Gasteiger partial charge is 0.196 e. The van der Waals surface area contributed by atoms with E-state index in [0.717, 1.165) is 33.3 Å². The molecule has 1 aliphatic heterocycles. The van der Waals surface area contributed by atoms with Gasteiger partial charge < -0.3 is 4.57 Å². The second kappa shape index (κ2) is 5.98. The van der Waals surface area contributed by atoms with Crippen molar-refractivity contribution in [1.29, 1.82) is 5.26 Å². The molecule has 2 heterocycles. The summed E-state index contributed by atoms with van der Waals surface area (Å²) in [6.07, 6.45) is 4.59. The lowest BCUT2D eigenvalue weighted by Crippen LogP contribution is -2.02. The Hall–Kier alpha value is -1.32. The zero-order chi connectivity index (χ0) is 13.9. The Morgan fingerprint density at radius 3 is 3.00 bits per heavy atom. The van der Waals surface area contributed by atoms with Crippen LogP contribution >= 0.6 is 27.7 Å². The van der Waals surface area contributed by atoms with E-state index < -0.39 is 0 Å². The first-order valence-electron chi connectivity index (χ1n) is 6.57. The third-order valence-electron chi connectivity index (χ3n) is 3.34. The molecule has 1 aliphatic rings. The summed E-state index contributed by atoms with van der Waals surface area (Å²) in [5, 5.41) is 18.7. The molecule has 0 N–H and O–H groups in total. The van der Waals surface area contributed by atoms with Gasteiger partial charge in [0.1, 0.15) is 11.9 Å². The number of halogens is 1. The summed E-state index contributed by atoms with van der Waals surface area (Å²) in [6, 6.07) is 7.90. The molecular weight excluding hydrogens is 336 g/mol. The minimum Gasteiger partial charge on any atom is -0.306 e. The van der Waals surface area contributed by atoms with E-state index in [1.165, 1.54) is 31.0 Å². The maximum Gasteiger partial charge on any atom is 0.196 e. The molecule has 0 bridgehead atoms. The number of benzene rings is 1. The van der Waals surface area contributed by atoms with Crippen LogP contribution < -0.4 is 0 Å². The van der Waals surface area contributed by atoms with Crippen molar-refractivity contribution in [3.8, 4) is 6.07 Å². The van der Waals surface area contributed by atoms with Gasteiger partial charge >= 0.3 is 0 Å². The van der Waals surface area contributed by atoms with Crippen molar-refractivity contribution >= 4 is 27.7 Å². The molecule has 0 radical (unpaired) electrons. The maximum absolute atomic E-state index is 9.20. The summed E-state index contributed by atoms with van der Waals surface area (Å²) in [5.74, 6) is 1.07. The fourth-order valence-electron chi connectivity index (χ4n) is 2.31. The molecule has 3 rings (SSSR count). The Morgan fingerprint density at radius 1 is 1.25 bits per heavy atom. The van der Waals surface area contributed by atoms with E-state index in [0.29, 0.717) is 5.56 Å². The molecule has 20 heavy (non-hydrogen) atoms. The maximum atomic E-state index is 9.20. The summed E-state index contributed by atoms with van der Waals surface area (Å²) in [4.78, 5) is 0.918. The molecule has 0 saturated heterocycles. The Labute approximate surface area is 130 Å². The first-order valence-corrected chi connectivity index (χ1v) is 8.18. The zero-order valence-corrected chi connectivity index (χ0v) is 13.2. The average Bonchev–Trinajstić information content (AvgIpc) is 2.68. The van der Waals surface area contributed by atoms with Gasteiger partial charge in [-0.1, -0.05) is 22.4 Å². The zero-order valence-electron chi connectivity index (χ0n) is 10.8. The monoisotopic (exact) mass is 348 g/mol. The number of nitrogens with zero attached hydrogens (tertiary/aromatic N) is 4. The van der Waals surface area contributed by atoms with Gasteiger partial charge in [0, 0.05) is 22.3 Å². The SMILES string of the molecule is N#Cc1ccc(Br)cc1Sc1nnc2n1CCCCC2. The molecule has 0 spiro atoms. The number of aromatic nitrogens is 3. The largest absolute Gasteiger partial charge is 0.306 e. The molecule has 6 heteroatoms. The Kier molecular flexibility index (Phi) is 4.08. The van der Waals surface area contributed by atoms with Crippen molar-refractivity contribution in [3.63, 3.8) is 0 Å². The number of rotatable bonds is 2. The third kappa shape index (κ3) is 2.74. The number of hydrogen-bond acceptors (Lipinski definition) is 4. The molecule has 0 saturated carbocycles. The predicted molar refractivity (Wildman–Crippen MR) is 80.6 cm³/mol. The van der Waals surface area contributed by atoms with Gasteiger partial charge in [0.25, 0.3) is 0 Å². The van der Waals surface area contributed by atoms with Gasteiger partial charge in [-0.15, -0.1) is 10.2 Å². The van der Waals surface area contributed by atoms with Crippen LogP contribution in [-0.4, -0.2) is 14.8 Å². The van der Waals surface area contributed by atoms with Crippen LogP contribution in [0.5, 0.6) is 0 Å². The van der Waals surface area contributed by atoms with E-state index >= 15 is 0 Å². The van der Waals surface area contributed by atoms with E-state index in [9.17, 15) is 5.26 Å². The third-order valence-corrected chi connectivity index (χ3v) is 4.88. The first-order chi connectivity index (χ1) is 9.78. The average molecular weight is 349 g/mol. The van der Waals surface area contributed by atoms with Gasteiger partial charge in [0.05, 0.1) is 5.56 Å². The van der Waals surface area contributed by atoms with Gasteiger partial charge in [-0.2, -0.15) is 5.26 Å². The molecule has 4 nitrogen and oxygen atoms in total. The molecule has 0 fully saturated rings. The van der Waals surface area contributed by atoms with Crippen LogP contribution in [0.4, 0.5) is 0 Å². The van der Waals surface area contributed by atoms with Crippen molar-refractivity contribution in [1.82, 2.24) is 14.8 Å². The highest BCUT2D eigenvalue weighted by atomic mass is 79.9. The fourth-order valence-corrected chi connectivity index (χ4v) is 3.81. The van der Waals surface area contributed by atoms with Crippen molar-refractivity contribution in [3.05, 3.63) is 34.1 Å². The van der Waals surface area contributed by atoms with E-state index in [1.54, 1.807) is 0 Å². The van der Waals surface area contributed by atoms with Gasteiger partial charge in [0.2, 0.25) is 0 Å². The van der Waals surface area contributed by atoms with Crippen molar-refractivity contribution < 1.29 is 0 Å². The lowest BCUT2D eigenvalue weighted by atomic mass is 10.2. The minimum absolute atomic E-state index is 0.671. The van der Waals surface area contributed by atoms with Crippen LogP contribution in [0.25, 0.3) is 0 Å². The number of hydrogen-bond donors (Lipinski definition) is 0. The summed E-state index contributed by atoms with van der Waals surface area (Å²) in [6.45, 7) is 0.973. The normalized spacial score (nSPS) is 14.4. The van der Waals surface area contributed by atoms with Crippen molar-refractivity contribution in [2.75, 3.05) is 0 Å². The van der Waals surface area contributed by atoms with Crippen LogP contribution in [0.1, 0.15) is 30.7 Å². The topological polar surface area (TPSA) is 54.5 Å². The number of fused-ring (bicyclic) bond motifs is 1. The van der Waals surface area contributed by atoms with Gasteiger partial charge in [-0.05, 0) is 42.8 Å². The molecule has 0 aliphatic carbocycles. The van der Waals surface area contributed by atoms with E-state index in [-0.39, 0.29) is 0 Å². The molecule has 102 valence electrons. The van der Waals surface area contributed by atoms with Gasteiger partial charge in [-0.25, -0.2) is 0 Å². The summed E-state index contributed by atoms with van der Waals surface area (Å²) >= 11 is 4.97. The molecule has 1 aromatic carbocycles. The van der Waals surface area contributed by atoms with Crippen molar-refractivity contribution in [2.45, 2.75) is 42.3 Å². The van der Waals surface area contributed by atoms with Gasteiger partial charge in [-0.3, -0.25) is 0 Å². The second-order valence-corrected chi connectivity index (χ2v) is 6.64. The van der Waals surface area contributed by atoms with Crippen LogP contribution in [0.2, 0.25) is 0 Å². The number of nitriles is 1. The molecule has 1 aromatic heterocycles. The summed E-state index contributed by atoms with van der Waals surface area (Å²) < 4.78 is 3.16. The molecular formula is C14H13BrN4S.